The lowest BCUT2D eigenvalue weighted by Crippen LogP contribution is -2.42. The number of phenols is 1. The van der Waals surface area contributed by atoms with Crippen LogP contribution < -0.4 is 10.4 Å². The monoisotopic (exact) mass is 353 g/mol. The third kappa shape index (κ3) is 4.66. The third-order valence-corrected chi connectivity index (χ3v) is 4.13. The smallest absolute Gasteiger partial charge is 0.350 e. The summed E-state index contributed by atoms with van der Waals surface area (Å²) in [5.74, 6) is -2.45. The first-order chi connectivity index (χ1) is 11.4. The first kappa shape index (κ1) is 17.7. The van der Waals surface area contributed by atoms with Gasteiger partial charge < -0.3 is 10.2 Å². The fraction of sp³-hybridized carbons (Fsp3) is 0.267. The Kier molecular flexibility index (Phi) is 5.69. The zero-order chi connectivity index (χ0) is 17.7. The van der Waals surface area contributed by atoms with E-state index in [0.717, 1.165) is 11.3 Å². The predicted molar refractivity (Wildman–Crippen MR) is 86.6 cm³/mol. The molecule has 0 unspecified atom stereocenters. The molecule has 0 fully saturated rings. The summed E-state index contributed by atoms with van der Waals surface area (Å²) in [4.78, 5) is 25.3. The van der Waals surface area contributed by atoms with Crippen molar-refractivity contribution in [2.75, 3.05) is 11.6 Å². The van der Waals surface area contributed by atoms with Crippen molar-refractivity contribution in [3.8, 4) is 5.75 Å². The van der Waals surface area contributed by atoms with E-state index in [4.69, 9.17) is 5.11 Å². The Hall–Kier alpha value is -2.68. The quantitative estimate of drug-likeness (QED) is 0.659. The lowest BCUT2D eigenvalue weighted by atomic mass is 10.2. The number of thiazole rings is 1. The first-order valence-corrected chi connectivity index (χ1v) is 7.90. The van der Waals surface area contributed by atoms with E-state index in [1.165, 1.54) is 19.1 Å². The van der Waals surface area contributed by atoms with Crippen molar-refractivity contribution in [1.29, 1.82) is 0 Å². The van der Waals surface area contributed by atoms with Crippen LogP contribution in [0.1, 0.15) is 28.0 Å². The number of carboxylic acids is 1. The van der Waals surface area contributed by atoms with E-state index < -0.39 is 16.8 Å². The molecule has 1 aromatic carbocycles. The summed E-state index contributed by atoms with van der Waals surface area (Å²) >= 11 is 0.806. The predicted octanol–water partition coefficient (Wildman–Crippen LogP) is 2.18. The molecule has 2 aromatic rings. The van der Waals surface area contributed by atoms with Crippen molar-refractivity contribution in [3.63, 3.8) is 0 Å². The second kappa shape index (κ2) is 7.73. The molecule has 1 amide bonds. The number of carbonyl (C=O) groups is 2. The third-order valence-electron chi connectivity index (χ3n) is 3.05. The normalized spacial score (nSPS) is 10.4. The Bertz CT molecular complexity index is 733. The van der Waals surface area contributed by atoms with Crippen LogP contribution in [0, 0.1) is 5.95 Å². The summed E-state index contributed by atoms with van der Waals surface area (Å²) in [5, 5.41) is 20.1. The van der Waals surface area contributed by atoms with E-state index in [0.29, 0.717) is 30.1 Å². The summed E-state index contributed by atoms with van der Waals surface area (Å²) in [5.41, 5.74) is 3.34. The van der Waals surface area contributed by atoms with Gasteiger partial charge in [-0.2, -0.15) is 4.39 Å². The molecule has 0 radical (unpaired) electrons. The molecule has 0 atom stereocenters. The Morgan fingerprint density at radius 2 is 2.00 bits per heavy atom. The van der Waals surface area contributed by atoms with Crippen molar-refractivity contribution in [3.05, 3.63) is 40.1 Å². The van der Waals surface area contributed by atoms with Crippen molar-refractivity contribution >= 4 is 28.9 Å². The minimum Gasteiger partial charge on any atom is -0.508 e. The number of nitrogens with one attached hydrogen (secondary N) is 1. The fourth-order valence-corrected chi connectivity index (χ4v) is 2.87. The number of hydrogen-bond acceptors (Lipinski definition) is 6. The molecule has 3 N–H and O–H groups in total. The van der Waals surface area contributed by atoms with E-state index in [-0.39, 0.29) is 11.7 Å². The molecule has 0 aliphatic heterocycles. The van der Waals surface area contributed by atoms with Gasteiger partial charge >= 0.3 is 5.97 Å². The van der Waals surface area contributed by atoms with Gasteiger partial charge in [-0.15, -0.1) is 11.3 Å². The highest BCUT2D eigenvalue weighted by Crippen LogP contribution is 2.20. The van der Waals surface area contributed by atoms with Crippen LogP contribution in [0.25, 0.3) is 0 Å². The summed E-state index contributed by atoms with van der Waals surface area (Å²) < 4.78 is 13.3. The molecule has 0 spiro atoms. The minimum absolute atomic E-state index is 0.112. The Morgan fingerprint density at radius 3 is 2.54 bits per heavy atom. The molecule has 24 heavy (non-hydrogen) atoms. The molecular weight excluding hydrogens is 337 g/mol. The van der Waals surface area contributed by atoms with Crippen LogP contribution >= 0.6 is 11.3 Å². The van der Waals surface area contributed by atoms with Gasteiger partial charge in [0.2, 0.25) is 11.9 Å². The number of anilines is 1. The van der Waals surface area contributed by atoms with Crippen molar-refractivity contribution in [2.24, 2.45) is 0 Å². The first-order valence-electron chi connectivity index (χ1n) is 7.09. The summed E-state index contributed by atoms with van der Waals surface area (Å²) in [6.45, 7) is 1.79. The van der Waals surface area contributed by atoms with Gasteiger partial charge in [0.1, 0.15) is 5.75 Å². The van der Waals surface area contributed by atoms with Crippen LogP contribution in [-0.2, 0) is 11.2 Å². The largest absolute Gasteiger partial charge is 0.508 e. The highest BCUT2D eigenvalue weighted by atomic mass is 32.1. The number of aryl methyl sites for hydroxylation is 1. The zero-order valence-electron chi connectivity index (χ0n) is 12.8. The number of aromatic nitrogens is 1. The van der Waals surface area contributed by atoms with Gasteiger partial charge in [0.05, 0.1) is 10.7 Å². The number of aromatic carboxylic acids is 1. The standard InChI is InChI=1S/C15H16FN3O4S/c1-9(20)18-19(10-4-6-11(21)7-5-10)8-2-3-12-17-14(16)13(24-12)15(22)23/h4-7,21H,2-3,8H2,1H3,(H,18,20)(H,22,23). The highest BCUT2D eigenvalue weighted by molar-refractivity contribution is 7.13. The number of hydrazine groups is 1. The van der Waals surface area contributed by atoms with Crippen LogP contribution in [0.5, 0.6) is 5.75 Å². The van der Waals surface area contributed by atoms with Gasteiger partial charge in [0.15, 0.2) is 4.88 Å². The van der Waals surface area contributed by atoms with E-state index in [9.17, 15) is 19.1 Å². The maximum absolute atomic E-state index is 13.3. The molecule has 7 nitrogen and oxygen atoms in total. The molecule has 1 heterocycles. The Labute approximate surface area is 141 Å². The number of amides is 1. The van der Waals surface area contributed by atoms with Crippen LogP contribution in [0.15, 0.2) is 24.3 Å². The number of phenolic OH excluding ortho intramolecular Hbond substituents is 1. The maximum Gasteiger partial charge on any atom is 0.350 e. The maximum atomic E-state index is 13.3. The van der Waals surface area contributed by atoms with Crippen molar-refractivity contribution < 1.29 is 24.2 Å². The lowest BCUT2D eigenvalue weighted by Gasteiger charge is -2.24. The number of carbonyl (C=O) groups excluding carboxylic acids is 1. The number of carboxylic acid groups (broad SMARTS) is 1. The van der Waals surface area contributed by atoms with Crippen molar-refractivity contribution in [1.82, 2.24) is 10.4 Å². The molecule has 0 aliphatic rings. The van der Waals surface area contributed by atoms with Gasteiger partial charge in [0, 0.05) is 19.9 Å². The average molecular weight is 353 g/mol. The number of aromatic hydroxyl groups is 1. The van der Waals surface area contributed by atoms with E-state index in [1.54, 1.807) is 17.1 Å². The summed E-state index contributed by atoms with van der Waals surface area (Å²) in [6, 6.07) is 6.30. The number of rotatable bonds is 7. The van der Waals surface area contributed by atoms with Gasteiger partial charge in [-0.05, 0) is 30.7 Å². The van der Waals surface area contributed by atoms with Gasteiger partial charge in [-0.3, -0.25) is 15.2 Å². The second-order valence-corrected chi connectivity index (χ2v) is 6.06. The summed E-state index contributed by atoms with van der Waals surface area (Å²) in [6.07, 6.45) is 0.899. The van der Waals surface area contributed by atoms with Gasteiger partial charge in [0.25, 0.3) is 0 Å². The lowest BCUT2D eigenvalue weighted by molar-refractivity contribution is -0.119. The van der Waals surface area contributed by atoms with E-state index >= 15 is 0 Å². The minimum atomic E-state index is -1.33. The van der Waals surface area contributed by atoms with Crippen LogP contribution in [0.2, 0.25) is 0 Å². The number of hydrogen-bond donors (Lipinski definition) is 3. The van der Waals surface area contributed by atoms with Gasteiger partial charge in [-0.1, -0.05) is 0 Å². The van der Waals surface area contributed by atoms with Crippen LogP contribution in [0.3, 0.4) is 0 Å². The number of nitrogens with zero attached hydrogens (tertiary/aromatic N) is 2. The Morgan fingerprint density at radius 1 is 1.33 bits per heavy atom. The molecule has 128 valence electrons. The molecule has 9 heteroatoms. The van der Waals surface area contributed by atoms with E-state index in [1.807, 2.05) is 0 Å². The fourth-order valence-electron chi connectivity index (χ4n) is 2.04. The second-order valence-electron chi connectivity index (χ2n) is 4.97. The molecular formula is C15H16FN3O4S. The van der Waals surface area contributed by atoms with Gasteiger partial charge in [-0.25, -0.2) is 9.78 Å². The average Bonchev–Trinajstić information content (AvgIpc) is 2.88. The molecule has 0 aliphatic carbocycles. The summed E-state index contributed by atoms with van der Waals surface area (Å²) in [7, 11) is 0. The Balaban J connectivity index is 2.00. The molecule has 1 aromatic heterocycles. The topological polar surface area (TPSA) is 103 Å². The van der Waals surface area contributed by atoms with Crippen LogP contribution in [0.4, 0.5) is 10.1 Å². The highest BCUT2D eigenvalue weighted by Gasteiger charge is 2.17. The number of halogens is 1. The molecule has 0 saturated carbocycles. The molecule has 0 bridgehead atoms. The zero-order valence-corrected chi connectivity index (χ0v) is 13.6. The SMILES string of the molecule is CC(=O)NN(CCCc1nc(F)c(C(=O)O)s1)c1ccc(O)cc1. The van der Waals surface area contributed by atoms with E-state index in [2.05, 4.69) is 10.4 Å². The van der Waals surface area contributed by atoms with Crippen molar-refractivity contribution in [2.45, 2.75) is 19.8 Å². The number of benzene rings is 1. The molecule has 0 saturated heterocycles. The van der Waals surface area contributed by atoms with Crippen LogP contribution in [-0.4, -0.2) is 33.6 Å². The molecule has 2 rings (SSSR count).